The quantitative estimate of drug-likeness (QED) is 0.245. The van der Waals surface area contributed by atoms with E-state index >= 15 is 0 Å². The molecule has 1 amide bonds. The molecule has 4 N–H and O–H groups in total. The van der Waals surface area contributed by atoms with Gasteiger partial charge in [-0.25, -0.2) is 17.9 Å². The molecule has 27 heavy (non-hydrogen) atoms. The molecule has 0 aromatic rings. The van der Waals surface area contributed by atoms with Crippen LogP contribution in [0.5, 0.6) is 0 Å². The van der Waals surface area contributed by atoms with E-state index in [0.29, 0.717) is 32.0 Å². The lowest BCUT2D eigenvalue weighted by atomic mass is 9.93. The van der Waals surface area contributed by atoms with Gasteiger partial charge in [-0.2, -0.15) is 0 Å². The van der Waals surface area contributed by atoms with E-state index in [9.17, 15) is 13.2 Å². The minimum Gasteiger partial charge on any atom is -0.444 e. The number of amides is 1. The molecule has 0 unspecified atom stereocenters. The summed E-state index contributed by atoms with van der Waals surface area (Å²) in [6.45, 7) is 10.9. The summed E-state index contributed by atoms with van der Waals surface area (Å²) in [6, 6.07) is 0. The molecule has 0 radical (unpaired) electrons. The van der Waals surface area contributed by atoms with E-state index < -0.39 is 27.3 Å². The Kier molecular flexibility index (Phi) is 10.7. The lowest BCUT2D eigenvalue weighted by Gasteiger charge is -2.34. The predicted octanol–water partition coefficient (Wildman–Crippen LogP) is 1.17. The summed E-state index contributed by atoms with van der Waals surface area (Å²) in [5.74, 6) is 0.589. The summed E-state index contributed by atoms with van der Waals surface area (Å²) in [5.41, 5.74) is -1.01. The van der Waals surface area contributed by atoms with Gasteiger partial charge >= 0.3 is 6.09 Å². The van der Waals surface area contributed by atoms with Crippen LogP contribution < -0.4 is 20.7 Å². The van der Waals surface area contributed by atoms with Crippen LogP contribution >= 0.6 is 0 Å². The van der Waals surface area contributed by atoms with E-state index in [2.05, 4.69) is 25.7 Å². The fourth-order valence-electron chi connectivity index (χ4n) is 2.27. The second kappa shape index (κ2) is 11.3. The van der Waals surface area contributed by atoms with Gasteiger partial charge in [0.05, 0.1) is 11.8 Å². The van der Waals surface area contributed by atoms with Crippen molar-refractivity contribution in [3.8, 4) is 0 Å². The van der Waals surface area contributed by atoms with E-state index in [1.54, 1.807) is 7.05 Å². The van der Waals surface area contributed by atoms with Gasteiger partial charge in [0.15, 0.2) is 5.96 Å². The lowest BCUT2D eigenvalue weighted by molar-refractivity contribution is 0.0448. The van der Waals surface area contributed by atoms with Gasteiger partial charge in [0.25, 0.3) is 0 Å². The maximum Gasteiger partial charge on any atom is 0.408 e. The van der Waals surface area contributed by atoms with Crippen LogP contribution in [0.15, 0.2) is 4.99 Å². The smallest absolute Gasteiger partial charge is 0.408 e. The van der Waals surface area contributed by atoms with Gasteiger partial charge in [0.2, 0.25) is 10.0 Å². The average Bonchev–Trinajstić information content (AvgIpc) is 2.53. The molecule has 0 aromatic heterocycles. The third-order valence-electron chi connectivity index (χ3n) is 3.95. The van der Waals surface area contributed by atoms with Crippen molar-refractivity contribution in [1.29, 1.82) is 0 Å². The zero-order chi connectivity index (χ0) is 21.1. The fourth-order valence-corrected chi connectivity index (χ4v) is 2.78. The summed E-state index contributed by atoms with van der Waals surface area (Å²) in [5, 5.41) is 9.32. The highest BCUT2D eigenvalue weighted by Crippen LogP contribution is 2.16. The SMILES string of the molecule is CCC(CC)(CNC(=NC)NCCCNS(C)(=O)=O)NC(=O)OC(C)(C)C. The zero-order valence-electron chi connectivity index (χ0n) is 17.7. The summed E-state index contributed by atoms with van der Waals surface area (Å²) in [6.07, 6.45) is 2.77. The third kappa shape index (κ3) is 12.5. The predicted molar refractivity (Wildman–Crippen MR) is 110 cm³/mol. The van der Waals surface area contributed by atoms with Crippen molar-refractivity contribution in [3.05, 3.63) is 0 Å². The largest absolute Gasteiger partial charge is 0.444 e. The Morgan fingerprint density at radius 3 is 2.11 bits per heavy atom. The highest BCUT2D eigenvalue weighted by atomic mass is 32.2. The van der Waals surface area contributed by atoms with Gasteiger partial charge in [0, 0.05) is 26.7 Å². The number of rotatable bonds is 10. The Labute approximate surface area is 164 Å². The standard InChI is InChI=1S/C17H37N5O4S/c1-8-17(9-2,22-15(23)26-16(3,4)5)13-20-14(18-6)19-11-10-12-21-27(7,24)25/h21H,8-13H2,1-7H3,(H,22,23)(H2,18,19,20). The molecule has 0 saturated carbocycles. The molecular formula is C17H37N5O4S. The molecule has 0 spiro atoms. The monoisotopic (exact) mass is 407 g/mol. The molecule has 0 bridgehead atoms. The van der Waals surface area contributed by atoms with Crippen LogP contribution in [0.4, 0.5) is 4.79 Å². The Morgan fingerprint density at radius 1 is 1.07 bits per heavy atom. The Hall–Kier alpha value is -1.55. The molecular weight excluding hydrogens is 370 g/mol. The van der Waals surface area contributed by atoms with Crippen molar-refractivity contribution in [2.45, 2.75) is 65.0 Å². The molecule has 0 fully saturated rings. The third-order valence-corrected chi connectivity index (χ3v) is 4.68. The second-order valence-electron chi connectivity index (χ2n) is 7.49. The Bertz CT molecular complexity index is 581. The molecule has 0 aromatic carbocycles. The number of alkyl carbamates (subject to hydrolysis) is 1. The van der Waals surface area contributed by atoms with Gasteiger partial charge in [-0.15, -0.1) is 0 Å². The van der Waals surface area contributed by atoms with Gasteiger partial charge in [-0.1, -0.05) is 13.8 Å². The first kappa shape index (κ1) is 25.4. The number of nitrogens with one attached hydrogen (secondary N) is 4. The van der Waals surface area contributed by atoms with E-state index in [1.165, 1.54) is 0 Å². The number of carbonyl (C=O) groups is 1. The van der Waals surface area contributed by atoms with Crippen LogP contribution in [0.2, 0.25) is 0 Å². The highest BCUT2D eigenvalue weighted by Gasteiger charge is 2.30. The van der Waals surface area contributed by atoms with E-state index in [4.69, 9.17) is 4.74 Å². The second-order valence-corrected chi connectivity index (χ2v) is 9.32. The molecule has 0 aliphatic heterocycles. The first-order valence-electron chi connectivity index (χ1n) is 9.26. The van der Waals surface area contributed by atoms with Gasteiger partial charge in [0.1, 0.15) is 5.60 Å². The van der Waals surface area contributed by atoms with Crippen LogP contribution in [0.25, 0.3) is 0 Å². The lowest BCUT2D eigenvalue weighted by Crippen LogP contribution is -2.57. The summed E-state index contributed by atoms with van der Waals surface area (Å²) in [4.78, 5) is 16.3. The van der Waals surface area contributed by atoms with Crippen LogP contribution in [0, 0.1) is 0 Å². The minimum absolute atomic E-state index is 0.358. The number of sulfonamides is 1. The molecule has 9 nitrogen and oxygen atoms in total. The van der Waals surface area contributed by atoms with Crippen molar-refractivity contribution in [2.24, 2.45) is 4.99 Å². The molecule has 10 heteroatoms. The van der Waals surface area contributed by atoms with Crippen molar-refractivity contribution < 1.29 is 17.9 Å². The van der Waals surface area contributed by atoms with Crippen LogP contribution in [0.1, 0.15) is 53.9 Å². The van der Waals surface area contributed by atoms with Crippen molar-refractivity contribution in [1.82, 2.24) is 20.7 Å². The van der Waals surface area contributed by atoms with E-state index in [1.807, 2.05) is 34.6 Å². The van der Waals surface area contributed by atoms with Gasteiger partial charge in [-0.05, 0) is 40.0 Å². The number of guanidine groups is 1. The van der Waals surface area contributed by atoms with Gasteiger partial charge < -0.3 is 20.7 Å². The van der Waals surface area contributed by atoms with E-state index in [-0.39, 0.29) is 0 Å². The van der Waals surface area contributed by atoms with Crippen LogP contribution in [-0.4, -0.2) is 64.5 Å². The zero-order valence-corrected chi connectivity index (χ0v) is 18.5. The maximum absolute atomic E-state index is 12.2. The number of ether oxygens (including phenoxy) is 1. The Morgan fingerprint density at radius 2 is 1.67 bits per heavy atom. The summed E-state index contributed by atoms with van der Waals surface area (Å²) < 4.78 is 29.9. The van der Waals surface area contributed by atoms with Crippen molar-refractivity contribution in [3.63, 3.8) is 0 Å². The first-order valence-corrected chi connectivity index (χ1v) is 11.2. The Balaban J connectivity index is 4.57. The van der Waals surface area contributed by atoms with Crippen molar-refractivity contribution >= 4 is 22.1 Å². The number of carbonyl (C=O) groups excluding carboxylic acids is 1. The topological polar surface area (TPSA) is 121 Å². The summed E-state index contributed by atoms with van der Waals surface area (Å²) in [7, 11) is -1.51. The normalized spacial score (nSPS) is 13.2. The number of hydrogen-bond acceptors (Lipinski definition) is 5. The molecule has 0 heterocycles. The molecule has 0 saturated heterocycles. The number of aliphatic imine (C=N–C) groups is 1. The highest BCUT2D eigenvalue weighted by molar-refractivity contribution is 7.88. The molecule has 0 aliphatic rings. The number of hydrogen-bond donors (Lipinski definition) is 4. The van der Waals surface area contributed by atoms with Crippen LogP contribution in [-0.2, 0) is 14.8 Å². The average molecular weight is 408 g/mol. The summed E-state index contributed by atoms with van der Waals surface area (Å²) >= 11 is 0. The molecule has 0 atom stereocenters. The minimum atomic E-state index is -3.17. The molecule has 160 valence electrons. The van der Waals surface area contributed by atoms with Crippen LogP contribution in [0.3, 0.4) is 0 Å². The molecule has 0 rings (SSSR count). The van der Waals surface area contributed by atoms with Gasteiger partial charge in [-0.3, -0.25) is 4.99 Å². The van der Waals surface area contributed by atoms with Crippen molar-refractivity contribution in [2.75, 3.05) is 32.9 Å². The molecule has 0 aliphatic carbocycles. The fraction of sp³-hybridized carbons (Fsp3) is 0.882. The first-order chi connectivity index (χ1) is 12.4. The number of nitrogens with zero attached hydrogens (tertiary/aromatic N) is 1. The maximum atomic E-state index is 12.2. The van der Waals surface area contributed by atoms with E-state index in [0.717, 1.165) is 19.1 Å².